The van der Waals surface area contributed by atoms with Gasteiger partial charge in [-0.3, -0.25) is 4.79 Å². The number of aryl methyl sites for hydroxylation is 2. The Kier molecular flexibility index (Phi) is 8.85. The van der Waals surface area contributed by atoms with Crippen molar-refractivity contribution in [2.24, 2.45) is 0 Å². The first-order chi connectivity index (χ1) is 12.2. The summed E-state index contributed by atoms with van der Waals surface area (Å²) in [5.74, 6) is 0.980. The summed E-state index contributed by atoms with van der Waals surface area (Å²) in [6, 6.07) is 3.76. The number of carbonyl (C=O) groups excluding carboxylic acids is 1. The van der Waals surface area contributed by atoms with E-state index in [0.29, 0.717) is 11.5 Å². The maximum Gasteiger partial charge on any atom is 0.160 e. The predicted octanol–water partition coefficient (Wildman–Crippen LogP) is 5.75. The third-order valence-corrected chi connectivity index (χ3v) is 5.19. The molecule has 0 aliphatic carbocycles. The molecule has 1 aromatic carbocycles. The van der Waals surface area contributed by atoms with E-state index < -0.39 is 0 Å². The maximum atomic E-state index is 10.8. The van der Waals surface area contributed by atoms with Crippen LogP contribution in [0.25, 0.3) is 0 Å². The van der Waals surface area contributed by atoms with Gasteiger partial charge >= 0.3 is 0 Å². The summed E-state index contributed by atoms with van der Waals surface area (Å²) in [4.78, 5) is 10.8. The number of phenols is 1. The van der Waals surface area contributed by atoms with Gasteiger partial charge < -0.3 is 9.84 Å². The highest BCUT2D eigenvalue weighted by molar-refractivity contribution is 5.59. The first-order valence-electron chi connectivity index (χ1n) is 10.2. The van der Waals surface area contributed by atoms with Gasteiger partial charge in [-0.05, 0) is 42.9 Å². The number of benzene rings is 1. The second-order valence-corrected chi connectivity index (χ2v) is 7.35. The van der Waals surface area contributed by atoms with Crippen LogP contribution in [0.5, 0.6) is 11.5 Å². The van der Waals surface area contributed by atoms with E-state index in [4.69, 9.17) is 4.74 Å². The molecule has 0 radical (unpaired) electrons. The van der Waals surface area contributed by atoms with E-state index in [1.54, 1.807) is 6.07 Å². The average Bonchev–Trinajstić information content (AvgIpc) is 2.63. The monoisotopic (exact) mass is 346 g/mol. The third-order valence-electron chi connectivity index (χ3n) is 5.19. The SMILES string of the molecule is CCCCCCCCCCCCc1cc2c(cc1O)OC(C=O)CC2. The molecule has 0 amide bonds. The fourth-order valence-corrected chi connectivity index (χ4v) is 3.59. The Labute approximate surface area is 152 Å². The van der Waals surface area contributed by atoms with Crippen LogP contribution in [0.15, 0.2) is 12.1 Å². The normalized spacial score (nSPS) is 16.3. The minimum absolute atomic E-state index is 0.307. The molecule has 1 N–H and O–H groups in total. The second-order valence-electron chi connectivity index (χ2n) is 7.35. The molecule has 0 saturated heterocycles. The van der Waals surface area contributed by atoms with Gasteiger partial charge in [0.2, 0.25) is 0 Å². The van der Waals surface area contributed by atoms with E-state index >= 15 is 0 Å². The molecular weight excluding hydrogens is 312 g/mol. The zero-order valence-corrected chi connectivity index (χ0v) is 15.8. The number of fused-ring (bicyclic) bond motifs is 1. The van der Waals surface area contributed by atoms with Crippen molar-refractivity contribution in [3.05, 3.63) is 23.3 Å². The van der Waals surface area contributed by atoms with Crippen LogP contribution in [0.3, 0.4) is 0 Å². The van der Waals surface area contributed by atoms with Gasteiger partial charge in [-0.25, -0.2) is 0 Å². The van der Waals surface area contributed by atoms with Crippen LogP contribution in [0.1, 0.15) is 88.7 Å². The lowest BCUT2D eigenvalue weighted by atomic mass is 9.97. The Morgan fingerprint density at radius 3 is 2.32 bits per heavy atom. The van der Waals surface area contributed by atoms with Crippen molar-refractivity contribution in [2.45, 2.75) is 96.5 Å². The van der Waals surface area contributed by atoms with E-state index in [2.05, 4.69) is 13.0 Å². The first-order valence-corrected chi connectivity index (χ1v) is 10.2. The predicted molar refractivity (Wildman–Crippen MR) is 102 cm³/mol. The summed E-state index contributed by atoms with van der Waals surface area (Å²) in [6.45, 7) is 2.26. The molecule has 1 unspecified atom stereocenters. The lowest BCUT2D eigenvalue weighted by Crippen LogP contribution is -2.23. The van der Waals surface area contributed by atoms with Gasteiger partial charge in [0.05, 0.1) is 0 Å². The highest BCUT2D eigenvalue weighted by Gasteiger charge is 2.20. The molecule has 0 bridgehead atoms. The zero-order chi connectivity index (χ0) is 17.9. The van der Waals surface area contributed by atoms with Crippen molar-refractivity contribution in [3.8, 4) is 11.5 Å². The number of hydrogen-bond donors (Lipinski definition) is 1. The largest absolute Gasteiger partial charge is 0.508 e. The van der Waals surface area contributed by atoms with Gasteiger partial charge in [0, 0.05) is 6.07 Å². The summed E-state index contributed by atoms with van der Waals surface area (Å²) < 4.78 is 5.59. The standard InChI is InChI=1S/C22H34O3/c1-2-3-4-5-6-7-8-9-10-11-12-18-15-19-13-14-20(17-23)25-22(19)16-21(18)24/h15-17,20,24H,2-14H2,1H3. The number of carbonyl (C=O) groups is 1. The number of aldehydes is 1. The summed E-state index contributed by atoms with van der Waals surface area (Å²) in [5.41, 5.74) is 2.14. The van der Waals surface area contributed by atoms with Gasteiger partial charge in [0.25, 0.3) is 0 Å². The lowest BCUT2D eigenvalue weighted by Gasteiger charge is -2.23. The van der Waals surface area contributed by atoms with Crippen molar-refractivity contribution in [2.75, 3.05) is 0 Å². The molecule has 1 aliphatic rings. The van der Waals surface area contributed by atoms with Crippen LogP contribution in [-0.4, -0.2) is 17.5 Å². The third kappa shape index (κ3) is 6.72. The van der Waals surface area contributed by atoms with Crippen molar-refractivity contribution in [1.82, 2.24) is 0 Å². The van der Waals surface area contributed by atoms with E-state index in [-0.39, 0.29) is 6.10 Å². The van der Waals surface area contributed by atoms with Crippen LogP contribution in [-0.2, 0) is 17.6 Å². The van der Waals surface area contributed by atoms with Gasteiger partial charge in [-0.2, -0.15) is 0 Å². The van der Waals surface area contributed by atoms with Crippen LogP contribution in [0.4, 0.5) is 0 Å². The molecule has 3 heteroatoms. The molecule has 0 fully saturated rings. The molecule has 25 heavy (non-hydrogen) atoms. The van der Waals surface area contributed by atoms with Gasteiger partial charge in [0.1, 0.15) is 11.5 Å². The molecular formula is C22H34O3. The fraction of sp³-hybridized carbons (Fsp3) is 0.682. The van der Waals surface area contributed by atoms with E-state index in [1.165, 1.54) is 57.8 Å². The van der Waals surface area contributed by atoms with E-state index in [9.17, 15) is 9.90 Å². The molecule has 2 rings (SSSR count). The van der Waals surface area contributed by atoms with Crippen LogP contribution >= 0.6 is 0 Å². The van der Waals surface area contributed by atoms with Crippen LogP contribution < -0.4 is 4.74 Å². The molecule has 1 heterocycles. The van der Waals surface area contributed by atoms with Crippen molar-refractivity contribution < 1.29 is 14.6 Å². The zero-order valence-electron chi connectivity index (χ0n) is 15.8. The van der Waals surface area contributed by atoms with E-state index in [1.807, 2.05) is 0 Å². The molecule has 140 valence electrons. The fourth-order valence-electron chi connectivity index (χ4n) is 3.59. The van der Waals surface area contributed by atoms with Crippen LogP contribution in [0, 0.1) is 0 Å². The molecule has 0 spiro atoms. The van der Waals surface area contributed by atoms with Crippen molar-refractivity contribution in [1.29, 1.82) is 0 Å². The number of ether oxygens (including phenoxy) is 1. The first kappa shape index (κ1) is 19.8. The summed E-state index contributed by atoms with van der Waals surface area (Å²) in [7, 11) is 0. The highest BCUT2D eigenvalue weighted by atomic mass is 16.5. The molecule has 1 aromatic rings. The molecule has 0 aromatic heterocycles. The number of phenolic OH excluding ortho intramolecular Hbond substituents is 1. The summed E-state index contributed by atoms with van der Waals surface area (Å²) >= 11 is 0. The minimum Gasteiger partial charge on any atom is -0.508 e. The molecule has 1 aliphatic heterocycles. The van der Waals surface area contributed by atoms with E-state index in [0.717, 1.165) is 43.1 Å². The van der Waals surface area contributed by atoms with Crippen molar-refractivity contribution in [3.63, 3.8) is 0 Å². The topological polar surface area (TPSA) is 46.5 Å². The van der Waals surface area contributed by atoms with Gasteiger partial charge in [-0.1, -0.05) is 64.7 Å². The Bertz CT molecular complexity index is 524. The molecule has 3 nitrogen and oxygen atoms in total. The Hall–Kier alpha value is -1.51. The minimum atomic E-state index is -0.361. The second kappa shape index (κ2) is 11.2. The lowest BCUT2D eigenvalue weighted by molar-refractivity contribution is -0.114. The number of aromatic hydroxyl groups is 1. The summed E-state index contributed by atoms with van der Waals surface area (Å²) in [6.07, 6.45) is 16.2. The molecule has 0 saturated carbocycles. The smallest absolute Gasteiger partial charge is 0.160 e. The number of rotatable bonds is 12. The van der Waals surface area contributed by atoms with Crippen LogP contribution in [0.2, 0.25) is 0 Å². The van der Waals surface area contributed by atoms with Gasteiger partial charge in [-0.15, -0.1) is 0 Å². The summed E-state index contributed by atoms with van der Waals surface area (Å²) in [5, 5.41) is 10.2. The maximum absolute atomic E-state index is 10.8. The average molecular weight is 347 g/mol. The Morgan fingerprint density at radius 1 is 1.04 bits per heavy atom. The quantitative estimate of drug-likeness (QED) is 0.387. The number of unbranched alkanes of at least 4 members (excludes halogenated alkanes) is 9. The number of hydrogen-bond acceptors (Lipinski definition) is 3. The van der Waals surface area contributed by atoms with Gasteiger partial charge in [0.15, 0.2) is 12.4 Å². The Balaban J connectivity index is 1.64. The highest BCUT2D eigenvalue weighted by Crippen LogP contribution is 2.34. The van der Waals surface area contributed by atoms with Crippen molar-refractivity contribution >= 4 is 6.29 Å². The Morgan fingerprint density at radius 2 is 1.68 bits per heavy atom. The molecule has 1 atom stereocenters.